The van der Waals surface area contributed by atoms with E-state index in [9.17, 15) is 9.50 Å². The highest BCUT2D eigenvalue weighted by Crippen LogP contribution is 2.28. The maximum atomic E-state index is 13.0. The monoisotopic (exact) mass is 238 g/mol. The van der Waals surface area contributed by atoms with Crippen LogP contribution < -0.4 is 4.74 Å². The van der Waals surface area contributed by atoms with Gasteiger partial charge in [0.05, 0.1) is 6.10 Å². The molecule has 94 valence electrons. The molecule has 0 saturated heterocycles. The summed E-state index contributed by atoms with van der Waals surface area (Å²) in [5.74, 6) is 0.576. The Kier molecular flexibility index (Phi) is 4.00. The fraction of sp³-hybridized carbons (Fsp3) is 0.571. The molecule has 0 heterocycles. The molecule has 1 atom stereocenters. The third kappa shape index (κ3) is 3.19. The van der Waals surface area contributed by atoms with Crippen LogP contribution in [0.15, 0.2) is 18.2 Å². The minimum Gasteiger partial charge on any atom is -0.491 e. The van der Waals surface area contributed by atoms with Gasteiger partial charge < -0.3 is 9.84 Å². The quantitative estimate of drug-likeness (QED) is 0.873. The van der Waals surface area contributed by atoms with Gasteiger partial charge in [0.15, 0.2) is 0 Å². The van der Waals surface area contributed by atoms with E-state index in [1.807, 2.05) is 6.92 Å². The first-order chi connectivity index (χ1) is 8.16. The summed E-state index contributed by atoms with van der Waals surface area (Å²) in [7, 11) is 0. The molecule has 1 unspecified atom stereocenters. The van der Waals surface area contributed by atoms with E-state index >= 15 is 0 Å². The van der Waals surface area contributed by atoms with Gasteiger partial charge in [0.2, 0.25) is 0 Å². The molecule has 0 amide bonds. The highest BCUT2D eigenvalue weighted by atomic mass is 19.1. The van der Waals surface area contributed by atoms with Crippen molar-refractivity contribution in [2.24, 2.45) is 5.92 Å². The van der Waals surface area contributed by atoms with E-state index in [0.29, 0.717) is 11.7 Å². The van der Waals surface area contributed by atoms with Gasteiger partial charge in [0, 0.05) is 6.07 Å². The van der Waals surface area contributed by atoms with Crippen LogP contribution in [0.4, 0.5) is 4.39 Å². The maximum absolute atomic E-state index is 13.0. The Balaban J connectivity index is 1.90. The van der Waals surface area contributed by atoms with E-state index < -0.39 is 6.10 Å². The van der Waals surface area contributed by atoms with Crippen molar-refractivity contribution >= 4 is 0 Å². The molecule has 17 heavy (non-hydrogen) atoms. The number of hydrogen-bond donors (Lipinski definition) is 1. The van der Waals surface area contributed by atoms with Crippen molar-refractivity contribution < 1.29 is 14.2 Å². The van der Waals surface area contributed by atoms with Crippen LogP contribution in [0.1, 0.15) is 31.2 Å². The van der Waals surface area contributed by atoms with E-state index in [1.54, 1.807) is 6.07 Å². The molecule has 0 bridgehead atoms. The number of aliphatic hydroxyl groups excluding tert-OH is 1. The first-order valence-electron chi connectivity index (χ1n) is 6.24. The number of halogens is 1. The van der Waals surface area contributed by atoms with Gasteiger partial charge in [-0.25, -0.2) is 4.39 Å². The third-order valence-electron chi connectivity index (χ3n) is 3.50. The molecule has 1 saturated carbocycles. The number of aryl methyl sites for hydroxylation is 1. The minimum atomic E-state index is -0.430. The summed E-state index contributed by atoms with van der Waals surface area (Å²) in [6.07, 6.45) is 4.11. The lowest BCUT2D eigenvalue weighted by molar-refractivity contribution is 0.0589. The lowest BCUT2D eigenvalue weighted by Crippen LogP contribution is -2.25. The summed E-state index contributed by atoms with van der Waals surface area (Å²) in [4.78, 5) is 0. The van der Waals surface area contributed by atoms with Crippen LogP contribution in [0.5, 0.6) is 5.75 Å². The molecule has 0 aliphatic heterocycles. The van der Waals surface area contributed by atoms with Gasteiger partial charge >= 0.3 is 0 Å². The van der Waals surface area contributed by atoms with Crippen molar-refractivity contribution in [3.05, 3.63) is 29.6 Å². The molecule has 3 heteroatoms. The molecular weight excluding hydrogens is 219 g/mol. The van der Waals surface area contributed by atoms with E-state index in [-0.39, 0.29) is 12.4 Å². The molecule has 1 aliphatic rings. The number of rotatable bonds is 4. The predicted molar refractivity (Wildman–Crippen MR) is 64.6 cm³/mol. The Morgan fingerprint density at radius 2 is 2.12 bits per heavy atom. The summed E-state index contributed by atoms with van der Waals surface area (Å²) in [6, 6.07) is 4.47. The smallest absolute Gasteiger partial charge is 0.126 e. The highest BCUT2D eigenvalue weighted by molar-refractivity contribution is 5.32. The second kappa shape index (κ2) is 5.50. The Morgan fingerprint density at radius 3 is 2.82 bits per heavy atom. The van der Waals surface area contributed by atoms with Crippen LogP contribution in [0, 0.1) is 18.7 Å². The summed E-state index contributed by atoms with van der Waals surface area (Å²) < 4.78 is 18.5. The van der Waals surface area contributed by atoms with Gasteiger partial charge in [-0.2, -0.15) is 0 Å². The largest absolute Gasteiger partial charge is 0.491 e. The zero-order chi connectivity index (χ0) is 12.3. The summed E-state index contributed by atoms with van der Waals surface area (Å²) in [6.45, 7) is 2.13. The molecule has 0 radical (unpaired) electrons. The lowest BCUT2D eigenvalue weighted by atomic mass is 10.0. The second-order valence-corrected chi connectivity index (χ2v) is 4.83. The van der Waals surface area contributed by atoms with Crippen LogP contribution in [0.2, 0.25) is 0 Å². The number of ether oxygens (including phenoxy) is 1. The molecule has 2 rings (SSSR count). The Labute approximate surface area is 101 Å². The highest BCUT2D eigenvalue weighted by Gasteiger charge is 2.23. The molecule has 1 aromatic carbocycles. The topological polar surface area (TPSA) is 29.5 Å². The summed E-state index contributed by atoms with van der Waals surface area (Å²) >= 11 is 0. The normalized spacial score (nSPS) is 18.3. The molecule has 1 N–H and O–H groups in total. The minimum absolute atomic E-state index is 0.259. The average molecular weight is 238 g/mol. The van der Waals surface area contributed by atoms with Crippen molar-refractivity contribution in [1.29, 1.82) is 0 Å². The zero-order valence-corrected chi connectivity index (χ0v) is 10.2. The van der Waals surface area contributed by atoms with Crippen LogP contribution in [-0.2, 0) is 0 Å². The molecule has 1 aliphatic carbocycles. The predicted octanol–water partition coefficient (Wildman–Crippen LogP) is 3.06. The first kappa shape index (κ1) is 12.4. The van der Waals surface area contributed by atoms with Crippen LogP contribution >= 0.6 is 0 Å². The molecule has 2 nitrogen and oxygen atoms in total. The van der Waals surface area contributed by atoms with Crippen molar-refractivity contribution in [3.63, 3.8) is 0 Å². The molecule has 1 aromatic rings. The van der Waals surface area contributed by atoms with Crippen molar-refractivity contribution in [2.75, 3.05) is 6.61 Å². The molecular formula is C14H19FO2. The summed E-state index contributed by atoms with van der Waals surface area (Å²) in [5, 5.41) is 9.95. The lowest BCUT2D eigenvalue weighted by Gasteiger charge is -2.18. The van der Waals surface area contributed by atoms with Crippen molar-refractivity contribution in [2.45, 2.75) is 38.7 Å². The first-order valence-corrected chi connectivity index (χ1v) is 6.24. The van der Waals surface area contributed by atoms with Gasteiger partial charge in [-0.15, -0.1) is 0 Å². The maximum Gasteiger partial charge on any atom is 0.126 e. The fourth-order valence-corrected chi connectivity index (χ4v) is 2.38. The SMILES string of the molecule is Cc1ccc(F)cc1OCC(O)C1CCCC1. The van der Waals surface area contributed by atoms with E-state index in [0.717, 1.165) is 18.4 Å². The Hall–Kier alpha value is -1.09. The van der Waals surface area contributed by atoms with Gasteiger partial charge in [0.25, 0.3) is 0 Å². The van der Waals surface area contributed by atoms with Gasteiger partial charge in [-0.3, -0.25) is 0 Å². The van der Waals surface area contributed by atoms with Crippen molar-refractivity contribution in [1.82, 2.24) is 0 Å². The van der Waals surface area contributed by atoms with Gasteiger partial charge in [-0.1, -0.05) is 18.9 Å². The second-order valence-electron chi connectivity index (χ2n) is 4.83. The zero-order valence-electron chi connectivity index (χ0n) is 10.2. The fourth-order valence-electron chi connectivity index (χ4n) is 2.38. The third-order valence-corrected chi connectivity index (χ3v) is 3.50. The van der Waals surface area contributed by atoms with Crippen LogP contribution in [0.25, 0.3) is 0 Å². The van der Waals surface area contributed by atoms with Crippen LogP contribution in [0.3, 0.4) is 0 Å². The van der Waals surface area contributed by atoms with Gasteiger partial charge in [-0.05, 0) is 37.3 Å². The van der Waals surface area contributed by atoms with E-state index in [1.165, 1.54) is 25.0 Å². The van der Waals surface area contributed by atoms with Crippen LogP contribution in [-0.4, -0.2) is 17.8 Å². The van der Waals surface area contributed by atoms with E-state index in [4.69, 9.17) is 4.74 Å². The van der Waals surface area contributed by atoms with Gasteiger partial charge in [0.1, 0.15) is 18.2 Å². The molecule has 0 aromatic heterocycles. The number of aliphatic hydroxyl groups is 1. The number of benzene rings is 1. The Morgan fingerprint density at radius 1 is 1.41 bits per heavy atom. The Bertz CT molecular complexity index is 372. The average Bonchev–Trinajstić information content (AvgIpc) is 2.83. The molecule has 0 spiro atoms. The van der Waals surface area contributed by atoms with Crippen molar-refractivity contribution in [3.8, 4) is 5.75 Å². The van der Waals surface area contributed by atoms with E-state index in [2.05, 4.69) is 0 Å². The number of hydrogen-bond acceptors (Lipinski definition) is 2. The standard InChI is InChI=1S/C14H19FO2/c1-10-6-7-12(15)8-14(10)17-9-13(16)11-4-2-3-5-11/h6-8,11,13,16H,2-5,9H2,1H3. The summed E-state index contributed by atoms with van der Waals surface area (Å²) in [5.41, 5.74) is 0.894. The molecule has 1 fully saturated rings.